The summed E-state index contributed by atoms with van der Waals surface area (Å²) in [5, 5.41) is 17.4. The van der Waals surface area contributed by atoms with E-state index < -0.39 is 0 Å². The van der Waals surface area contributed by atoms with Gasteiger partial charge in [-0.2, -0.15) is 0 Å². The Morgan fingerprint density at radius 3 is 0.932 bits per heavy atom. The maximum atomic E-state index is 5.14. The van der Waals surface area contributed by atoms with Crippen LogP contribution in [0.3, 0.4) is 0 Å². The first-order valence-corrected chi connectivity index (χ1v) is 40.6. The quantitative estimate of drug-likeness (QED) is 0.145. The van der Waals surface area contributed by atoms with E-state index in [1.165, 1.54) is 203 Å². The lowest BCUT2D eigenvalue weighted by molar-refractivity contribution is 1.18. The summed E-state index contributed by atoms with van der Waals surface area (Å²) < 4.78 is 9.64. The van der Waals surface area contributed by atoms with Crippen molar-refractivity contribution in [2.45, 2.75) is 0 Å². The first-order valence-electron chi connectivity index (χ1n) is 40.6. The second-order valence-electron chi connectivity index (χ2n) is 31.4. The zero-order chi connectivity index (χ0) is 77.2. The molecule has 6 heteroatoms. The molecule has 2 aliphatic carbocycles. The number of rotatable bonds is 9. The van der Waals surface area contributed by atoms with E-state index in [4.69, 9.17) is 9.97 Å². The molecule has 0 atom stereocenters. The molecule has 0 N–H and O–H groups in total. The number of para-hydroxylation sites is 4. The van der Waals surface area contributed by atoms with Crippen molar-refractivity contribution in [1.82, 2.24) is 28.2 Å². The van der Waals surface area contributed by atoms with Gasteiger partial charge in [-0.1, -0.05) is 279 Å². The molecule has 6 nitrogen and oxygen atoms in total. The molecule has 2 aliphatic rings. The van der Waals surface area contributed by atoms with Crippen LogP contribution in [0.2, 0.25) is 0 Å². The molecular weight excluding hydrogens is 1430 g/mol. The van der Waals surface area contributed by atoms with Crippen LogP contribution in [0, 0.1) is 0 Å². The predicted molar refractivity (Wildman–Crippen MR) is 494 cm³/mol. The highest BCUT2D eigenvalue weighted by molar-refractivity contribution is 6.24. The molecule has 118 heavy (non-hydrogen) atoms. The number of aromatic nitrogens is 6. The SMILES string of the molecule is c1ccc(-c2cccc(-n3c4ccccc4c4cc(-c5ccc6c(c5)c5ccccc5n6-c5cccc(-c6ncc7c8c(cccc68)-c6ccccc6-7)c5)ccc43)c2)cc1.c1ccc(-n2c3ccc(-c4ccc5c(c4)c4ccccc4n5-c4cccc(-c5ncc6c7c(cccc57)-c5ccccc5-6)c4)cc3c3c4ccccc4ccc32)cc1. The van der Waals surface area contributed by atoms with E-state index in [0.717, 1.165) is 39.6 Å². The van der Waals surface area contributed by atoms with Crippen LogP contribution in [0.25, 0.3) is 243 Å². The van der Waals surface area contributed by atoms with E-state index in [0.29, 0.717) is 0 Å². The maximum absolute atomic E-state index is 5.14. The van der Waals surface area contributed by atoms with Gasteiger partial charge in [0, 0.05) is 122 Å². The number of nitrogens with zero attached hydrogens (tertiary/aromatic N) is 6. The van der Waals surface area contributed by atoms with Gasteiger partial charge in [-0.3, -0.25) is 9.97 Å². The van der Waals surface area contributed by atoms with E-state index in [9.17, 15) is 0 Å². The van der Waals surface area contributed by atoms with E-state index >= 15 is 0 Å². The molecule has 0 amide bonds. The third-order valence-electron chi connectivity index (χ3n) is 25.2. The van der Waals surface area contributed by atoms with Crippen molar-refractivity contribution in [2.24, 2.45) is 0 Å². The molecule has 0 aliphatic heterocycles. The average Bonchev–Trinajstić information content (AvgIpc) is 1.59. The third kappa shape index (κ3) is 9.93. The Bertz CT molecular complexity index is 8320. The molecule has 0 saturated carbocycles. The first kappa shape index (κ1) is 65.8. The van der Waals surface area contributed by atoms with Gasteiger partial charge >= 0.3 is 0 Å². The normalized spacial score (nSPS) is 12.1. The maximum Gasteiger partial charge on any atom is 0.0781 e. The Labute approximate surface area is 679 Å². The highest BCUT2D eigenvalue weighted by atomic mass is 15.0. The monoisotopic (exact) mass is 1500 g/mol. The highest BCUT2D eigenvalue weighted by Gasteiger charge is 2.28. The number of pyridine rings is 2. The number of hydrogen-bond donors (Lipinski definition) is 0. The van der Waals surface area contributed by atoms with Gasteiger partial charge in [0.1, 0.15) is 0 Å². The van der Waals surface area contributed by atoms with E-state index in [2.05, 4.69) is 431 Å². The molecule has 24 aromatic rings. The lowest BCUT2D eigenvalue weighted by atomic mass is 9.99. The van der Waals surface area contributed by atoms with Crippen LogP contribution >= 0.6 is 0 Å². The van der Waals surface area contributed by atoms with Gasteiger partial charge in [0.15, 0.2) is 0 Å². The third-order valence-corrected chi connectivity index (χ3v) is 25.2. The highest BCUT2D eigenvalue weighted by Crippen LogP contribution is 2.52. The lowest BCUT2D eigenvalue weighted by Crippen LogP contribution is -1.95. The largest absolute Gasteiger partial charge is 0.309 e. The van der Waals surface area contributed by atoms with Crippen LogP contribution < -0.4 is 0 Å². The van der Waals surface area contributed by atoms with Crippen LogP contribution in [0.4, 0.5) is 0 Å². The zero-order valence-electron chi connectivity index (χ0n) is 63.9. The molecule has 0 saturated heterocycles. The average molecular weight is 1500 g/mol. The Morgan fingerprint density at radius 2 is 0.458 bits per heavy atom. The van der Waals surface area contributed by atoms with Crippen LogP contribution in [0.5, 0.6) is 0 Å². The smallest absolute Gasteiger partial charge is 0.0781 e. The summed E-state index contributed by atoms with van der Waals surface area (Å²) >= 11 is 0. The first-order chi connectivity index (χ1) is 58.5. The van der Waals surface area contributed by atoms with Gasteiger partial charge in [-0.05, 0) is 199 Å². The molecule has 0 unspecified atom stereocenters. The van der Waals surface area contributed by atoms with Gasteiger partial charge in [0.2, 0.25) is 0 Å². The number of hydrogen-bond acceptors (Lipinski definition) is 2. The standard InChI is InChI=1S/C57H35N3.C55H33N3/c1-2-13-36(14-3-1)37-15-10-17-41(31-37)59-52-25-8-6-21-45(52)49-33-38(27-29-54(49)59)39-28-30-55-50(34-39)46-22-7-9-26-53(46)60(55)42-18-11-16-40(32-42)57-48-24-12-23-47-43-19-4-5-20-44(43)51(35-58-57)56(47)48;1-2-14-38(15-3-1)57-51-28-26-36(32-47(51)54-40-17-5-4-12-34(40)24-29-52(54)57)35-25-27-50-46(31-35)43-20-8-9-23-49(43)58(50)39-16-10-13-37(30-39)55-45-22-11-21-44-41-18-6-7-19-42(41)48(33-56-55)53(44)45/h1-35H;1-33H. The van der Waals surface area contributed by atoms with Crippen molar-refractivity contribution in [3.63, 3.8) is 0 Å². The molecular formula is C112H68N6. The number of benzene rings is 18. The Hall–Kier alpha value is -15.8. The summed E-state index contributed by atoms with van der Waals surface area (Å²) in [6.07, 6.45) is 4.14. The fourth-order valence-electron chi connectivity index (χ4n) is 20.0. The summed E-state index contributed by atoms with van der Waals surface area (Å²) in [6.45, 7) is 0. The fourth-order valence-corrected chi connectivity index (χ4v) is 20.0. The van der Waals surface area contributed by atoms with Crippen molar-refractivity contribution in [3.8, 4) is 123 Å². The van der Waals surface area contributed by atoms with E-state index in [1.54, 1.807) is 0 Å². The zero-order valence-corrected chi connectivity index (χ0v) is 63.9. The van der Waals surface area contributed by atoms with Crippen LogP contribution in [-0.4, -0.2) is 28.2 Å². The molecule has 0 spiro atoms. The minimum absolute atomic E-state index is 1.01. The van der Waals surface area contributed by atoms with Crippen molar-refractivity contribution in [2.75, 3.05) is 0 Å². The second-order valence-corrected chi connectivity index (χ2v) is 31.4. The van der Waals surface area contributed by atoms with E-state index in [-0.39, 0.29) is 0 Å². The Morgan fingerprint density at radius 1 is 0.153 bits per heavy atom. The van der Waals surface area contributed by atoms with Crippen molar-refractivity contribution in [3.05, 3.63) is 413 Å². The van der Waals surface area contributed by atoms with Gasteiger partial charge in [0.05, 0.1) is 55.5 Å². The summed E-state index contributed by atoms with van der Waals surface area (Å²) in [6, 6.07) is 146. The van der Waals surface area contributed by atoms with Crippen molar-refractivity contribution < 1.29 is 0 Å². The molecule has 546 valence electrons. The lowest BCUT2D eigenvalue weighted by Gasteiger charge is -2.12. The molecule has 18 aromatic carbocycles. The molecule has 0 fully saturated rings. The topological polar surface area (TPSA) is 45.5 Å². The number of fused-ring (bicyclic) bond motifs is 20. The van der Waals surface area contributed by atoms with Gasteiger partial charge in [-0.25, -0.2) is 0 Å². The van der Waals surface area contributed by atoms with Gasteiger partial charge in [-0.15, -0.1) is 0 Å². The molecule has 0 radical (unpaired) electrons. The minimum Gasteiger partial charge on any atom is -0.309 e. The summed E-state index contributed by atoms with van der Waals surface area (Å²) in [4.78, 5) is 10.3. The fraction of sp³-hybridized carbons (Fsp3) is 0. The van der Waals surface area contributed by atoms with Crippen LogP contribution in [0.15, 0.2) is 413 Å². The summed E-state index contributed by atoms with van der Waals surface area (Å²) in [7, 11) is 0. The Balaban J connectivity index is 0.000000132. The van der Waals surface area contributed by atoms with Gasteiger partial charge in [0.25, 0.3) is 0 Å². The van der Waals surface area contributed by atoms with Crippen molar-refractivity contribution >= 4 is 120 Å². The molecule has 6 heterocycles. The predicted octanol–water partition coefficient (Wildman–Crippen LogP) is 29.6. The molecule has 0 bridgehead atoms. The minimum atomic E-state index is 1.01. The summed E-state index contributed by atoms with van der Waals surface area (Å²) in [5.74, 6) is 0. The van der Waals surface area contributed by atoms with Crippen LogP contribution in [0.1, 0.15) is 0 Å². The summed E-state index contributed by atoms with van der Waals surface area (Å²) in [5.41, 5.74) is 35.6. The van der Waals surface area contributed by atoms with Gasteiger partial charge < -0.3 is 18.3 Å². The molecule has 26 rings (SSSR count). The van der Waals surface area contributed by atoms with Crippen LogP contribution in [-0.2, 0) is 0 Å². The Kier molecular flexibility index (Phi) is 14.4. The van der Waals surface area contributed by atoms with Crippen molar-refractivity contribution in [1.29, 1.82) is 0 Å². The molecule has 6 aromatic heterocycles. The van der Waals surface area contributed by atoms with E-state index in [1.807, 2.05) is 0 Å². The second kappa shape index (κ2) is 25.9.